The van der Waals surface area contributed by atoms with Crippen LogP contribution < -0.4 is 5.32 Å². The van der Waals surface area contributed by atoms with Crippen LogP contribution in [0.4, 0.5) is 0 Å². The minimum Gasteiger partial charge on any atom is -0.379 e. The Labute approximate surface area is 180 Å². The van der Waals surface area contributed by atoms with Crippen LogP contribution in [0.15, 0.2) is 28.8 Å². The zero-order valence-electron chi connectivity index (χ0n) is 16.2. The lowest BCUT2D eigenvalue weighted by molar-refractivity contribution is 0.0608. The second-order valence-corrected chi connectivity index (χ2v) is 8.62. The maximum atomic E-state index is 12.4. The Morgan fingerprint density at radius 3 is 2.72 bits per heavy atom. The molecule has 2 aliphatic rings. The third kappa shape index (κ3) is 5.31. The summed E-state index contributed by atoms with van der Waals surface area (Å²) in [7, 11) is 0. The molecule has 1 N–H and O–H groups in total. The van der Waals surface area contributed by atoms with Gasteiger partial charge in [0.1, 0.15) is 0 Å². The summed E-state index contributed by atoms with van der Waals surface area (Å²) >= 11 is 12.1. The first-order valence-electron chi connectivity index (χ1n) is 10.1. The SMILES string of the molecule is O=C(N[C@H]1CCCOC1)c1cc(C2CCN(Cc3ccc(Cl)c(Cl)c3)CC2)no1. The Morgan fingerprint density at radius 1 is 1.17 bits per heavy atom. The highest BCUT2D eigenvalue weighted by molar-refractivity contribution is 6.42. The fourth-order valence-electron chi connectivity index (χ4n) is 3.98. The van der Waals surface area contributed by atoms with Gasteiger partial charge in [0.25, 0.3) is 5.91 Å². The Hall–Kier alpha value is -1.60. The van der Waals surface area contributed by atoms with E-state index in [0.717, 1.165) is 63.2 Å². The highest BCUT2D eigenvalue weighted by atomic mass is 35.5. The van der Waals surface area contributed by atoms with Crippen LogP contribution in [0.3, 0.4) is 0 Å². The van der Waals surface area contributed by atoms with Gasteiger partial charge < -0.3 is 14.6 Å². The molecule has 1 amide bonds. The number of carbonyl (C=O) groups is 1. The monoisotopic (exact) mass is 437 g/mol. The lowest BCUT2D eigenvalue weighted by Crippen LogP contribution is -2.40. The van der Waals surface area contributed by atoms with E-state index in [-0.39, 0.29) is 17.7 Å². The van der Waals surface area contributed by atoms with Gasteiger partial charge in [-0.15, -0.1) is 0 Å². The molecule has 2 aliphatic heterocycles. The molecule has 156 valence electrons. The summed E-state index contributed by atoms with van der Waals surface area (Å²) in [6, 6.07) is 7.62. The minimum absolute atomic E-state index is 0.0504. The van der Waals surface area contributed by atoms with Gasteiger partial charge in [-0.05, 0) is 56.5 Å². The molecule has 1 aromatic carbocycles. The van der Waals surface area contributed by atoms with Crippen LogP contribution in [0, 0.1) is 0 Å². The van der Waals surface area contributed by atoms with Crippen LogP contribution in [0.1, 0.15) is 53.4 Å². The molecule has 0 saturated carbocycles. The molecular formula is C21H25Cl2N3O3. The Bertz CT molecular complexity index is 843. The number of nitrogens with one attached hydrogen (secondary N) is 1. The van der Waals surface area contributed by atoms with Gasteiger partial charge in [-0.2, -0.15) is 0 Å². The van der Waals surface area contributed by atoms with Gasteiger partial charge in [-0.25, -0.2) is 0 Å². The van der Waals surface area contributed by atoms with E-state index in [4.69, 9.17) is 32.5 Å². The third-order valence-corrected chi connectivity index (χ3v) is 6.38. The van der Waals surface area contributed by atoms with E-state index in [9.17, 15) is 4.79 Å². The maximum absolute atomic E-state index is 12.4. The van der Waals surface area contributed by atoms with Gasteiger partial charge in [0.2, 0.25) is 5.76 Å². The third-order valence-electron chi connectivity index (χ3n) is 5.64. The van der Waals surface area contributed by atoms with Crippen molar-refractivity contribution < 1.29 is 14.1 Å². The number of benzene rings is 1. The number of likely N-dealkylation sites (tertiary alicyclic amines) is 1. The van der Waals surface area contributed by atoms with Crippen molar-refractivity contribution in [3.05, 3.63) is 51.3 Å². The van der Waals surface area contributed by atoms with Crippen LogP contribution in [-0.4, -0.2) is 48.3 Å². The quantitative estimate of drug-likeness (QED) is 0.755. The Balaban J connectivity index is 1.28. The lowest BCUT2D eigenvalue weighted by Gasteiger charge is -2.31. The first-order valence-corrected chi connectivity index (χ1v) is 10.9. The van der Waals surface area contributed by atoms with E-state index in [2.05, 4.69) is 15.4 Å². The molecule has 2 fully saturated rings. The van der Waals surface area contributed by atoms with Gasteiger partial charge in [0.15, 0.2) is 0 Å². The van der Waals surface area contributed by atoms with Crippen molar-refractivity contribution in [1.82, 2.24) is 15.4 Å². The molecule has 0 aliphatic carbocycles. The zero-order valence-corrected chi connectivity index (χ0v) is 17.7. The molecule has 6 nitrogen and oxygen atoms in total. The summed E-state index contributed by atoms with van der Waals surface area (Å²) in [5, 5.41) is 8.30. The predicted molar refractivity (Wildman–Crippen MR) is 112 cm³/mol. The van der Waals surface area contributed by atoms with Crippen molar-refractivity contribution in [3.63, 3.8) is 0 Å². The average molecular weight is 438 g/mol. The van der Waals surface area contributed by atoms with E-state index in [1.54, 1.807) is 6.07 Å². The van der Waals surface area contributed by atoms with E-state index < -0.39 is 0 Å². The molecule has 0 unspecified atom stereocenters. The van der Waals surface area contributed by atoms with Crippen molar-refractivity contribution >= 4 is 29.1 Å². The summed E-state index contributed by atoms with van der Waals surface area (Å²) in [4.78, 5) is 14.8. The number of halogens is 2. The molecule has 3 heterocycles. The molecule has 8 heteroatoms. The molecule has 2 aromatic rings. The standard InChI is InChI=1S/C21H25Cl2N3O3/c22-17-4-3-14(10-18(17)23)12-26-7-5-15(6-8-26)19-11-20(29-25-19)21(27)24-16-2-1-9-28-13-16/h3-4,10-11,15-16H,1-2,5-9,12-13H2,(H,24,27)/t16-/m0/s1. The zero-order chi connectivity index (χ0) is 20.2. The number of carbonyl (C=O) groups excluding carboxylic acids is 1. The van der Waals surface area contributed by atoms with Crippen molar-refractivity contribution in [2.45, 2.75) is 44.2 Å². The Morgan fingerprint density at radius 2 is 2.00 bits per heavy atom. The molecule has 0 bridgehead atoms. The van der Waals surface area contributed by atoms with Crippen LogP contribution in [0.2, 0.25) is 10.0 Å². The topological polar surface area (TPSA) is 67.6 Å². The fraction of sp³-hybridized carbons (Fsp3) is 0.524. The molecule has 29 heavy (non-hydrogen) atoms. The number of ether oxygens (including phenoxy) is 1. The van der Waals surface area contributed by atoms with Crippen LogP contribution in [0.25, 0.3) is 0 Å². The van der Waals surface area contributed by atoms with Gasteiger partial charge in [-0.3, -0.25) is 9.69 Å². The molecule has 1 atom stereocenters. The highest BCUT2D eigenvalue weighted by Gasteiger charge is 2.26. The van der Waals surface area contributed by atoms with Crippen molar-refractivity contribution in [2.75, 3.05) is 26.3 Å². The molecule has 2 saturated heterocycles. The highest BCUT2D eigenvalue weighted by Crippen LogP contribution is 2.29. The number of amides is 1. The van der Waals surface area contributed by atoms with Crippen molar-refractivity contribution in [2.24, 2.45) is 0 Å². The average Bonchev–Trinajstić information content (AvgIpc) is 3.23. The second-order valence-electron chi connectivity index (χ2n) is 7.80. The largest absolute Gasteiger partial charge is 0.379 e. The summed E-state index contributed by atoms with van der Waals surface area (Å²) < 4.78 is 10.7. The van der Waals surface area contributed by atoms with Gasteiger partial charge in [-0.1, -0.05) is 34.4 Å². The van der Waals surface area contributed by atoms with Gasteiger partial charge in [0.05, 0.1) is 28.4 Å². The van der Waals surface area contributed by atoms with Crippen LogP contribution in [-0.2, 0) is 11.3 Å². The second kappa shape index (κ2) is 9.47. The minimum atomic E-state index is -0.212. The van der Waals surface area contributed by atoms with Gasteiger partial charge >= 0.3 is 0 Å². The number of nitrogens with zero attached hydrogens (tertiary/aromatic N) is 2. The summed E-state index contributed by atoms with van der Waals surface area (Å²) in [6.45, 7) is 4.09. The fourth-order valence-corrected chi connectivity index (χ4v) is 4.30. The lowest BCUT2D eigenvalue weighted by atomic mass is 9.93. The first kappa shape index (κ1) is 20.7. The maximum Gasteiger partial charge on any atom is 0.290 e. The van der Waals surface area contributed by atoms with E-state index in [0.29, 0.717) is 22.6 Å². The smallest absolute Gasteiger partial charge is 0.290 e. The first-order chi connectivity index (χ1) is 14.1. The van der Waals surface area contributed by atoms with Crippen molar-refractivity contribution in [1.29, 1.82) is 0 Å². The van der Waals surface area contributed by atoms with E-state index >= 15 is 0 Å². The summed E-state index contributed by atoms with van der Waals surface area (Å²) in [5.74, 6) is 0.378. The number of rotatable bonds is 5. The summed E-state index contributed by atoms with van der Waals surface area (Å²) in [6.07, 6.45) is 3.86. The van der Waals surface area contributed by atoms with Gasteiger partial charge in [0, 0.05) is 25.1 Å². The molecule has 1 aromatic heterocycles. The predicted octanol–water partition coefficient (Wildman–Crippen LogP) is 4.27. The number of hydrogen-bond acceptors (Lipinski definition) is 5. The van der Waals surface area contributed by atoms with Crippen LogP contribution in [0.5, 0.6) is 0 Å². The van der Waals surface area contributed by atoms with E-state index in [1.807, 2.05) is 18.2 Å². The molecular weight excluding hydrogens is 413 g/mol. The Kier molecular flexibility index (Phi) is 6.75. The van der Waals surface area contributed by atoms with Crippen LogP contribution >= 0.6 is 23.2 Å². The molecule has 0 spiro atoms. The summed E-state index contributed by atoms with van der Waals surface area (Å²) in [5.41, 5.74) is 2.02. The molecule has 4 rings (SSSR count). The number of aromatic nitrogens is 1. The number of piperidine rings is 1. The molecule has 0 radical (unpaired) electrons. The van der Waals surface area contributed by atoms with Crippen molar-refractivity contribution in [3.8, 4) is 0 Å². The normalized spacial score (nSPS) is 21.2. The van der Waals surface area contributed by atoms with E-state index in [1.165, 1.54) is 0 Å². The number of hydrogen-bond donors (Lipinski definition) is 1.